The third-order valence-corrected chi connectivity index (χ3v) is 8.13. The maximum Gasteiger partial charge on any atom is 0.333 e. The molecular weight excluding hydrogens is 454 g/mol. The quantitative estimate of drug-likeness (QED) is 0.510. The fourth-order valence-electron chi connectivity index (χ4n) is 5.33. The number of hydrogen-bond acceptors (Lipinski definition) is 6. The first-order valence-corrected chi connectivity index (χ1v) is 13.1. The van der Waals surface area contributed by atoms with E-state index >= 15 is 0 Å². The second-order valence-electron chi connectivity index (χ2n) is 9.22. The fourth-order valence-corrected chi connectivity index (χ4v) is 6.18. The van der Waals surface area contributed by atoms with Gasteiger partial charge in [-0.3, -0.25) is 4.68 Å². The number of hydrogen-bond donors (Lipinski definition) is 2. The third kappa shape index (κ3) is 3.91. The number of aryl methyl sites for hydroxylation is 1. The predicted molar refractivity (Wildman–Crippen MR) is 125 cm³/mol. The monoisotopic (exact) mass is 479 g/mol. The predicted octanol–water partition coefficient (Wildman–Crippen LogP) is 3.51. The number of fused-ring (bicyclic) bond motifs is 10. The Bertz CT molecular complexity index is 1380. The van der Waals surface area contributed by atoms with Gasteiger partial charge in [-0.25, -0.2) is 14.5 Å². The Morgan fingerprint density at radius 2 is 2.03 bits per heavy atom. The molecule has 0 spiro atoms. The lowest BCUT2D eigenvalue weighted by Gasteiger charge is -2.18. The van der Waals surface area contributed by atoms with Crippen molar-refractivity contribution in [1.29, 1.82) is 0 Å². The first kappa shape index (κ1) is 21.2. The largest absolute Gasteiger partial charge is 0.474 e. The summed E-state index contributed by atoms with van der Waals surface area (Å²) in [5, 5.41) is 6.87. The van der Waals surface area contributed by atoms with Crippen LogP contribution in [-0.2, 0) is 29.4 Å². The van der Waals surface area contributed by atoms with Crippen molar-refractivity contribution in [3.05, 3.63) is 53.9 Å². The average Bonchev–Trinajstić information content (AvgIpc) is 3.55. The Kier molecular flexibility index (Phi) is 5.05. The number of carbonyl (C=O) groups is 1. The van der Waals surface area contributed by atoms with Crippen molar-refractivity contribution in [1.82, 2.24) is 19.5 Å². The van der Waals surface area contributed by atoms with Crippen LogP contribution < -0.4 is 14.8 Å². The van der Waals surface area contributed by atoms with Gasteiger partial charge in [0.05, 0.1) is 5.69 Å². The molecule has 34 heavy (non-hydrogen) atoms. The van der Waals surface area contributed by atoms with Gasteiger partial charge in [-0.1, -0.05) is 12.1 Å². The van der Waals surface area contributed by atoms with Crippen LogP contribution >= 0.6 is 0 Å². The Hall–Kier alpha value is -3.40. The number of aromatic nitrogens is 3. The number of rotatable bonds is 0. The van der Waals surface area contributed by atoms with Gasteiger partial charge in [-0.2, -0.15) is 13.5 Å². The van der Waals surface area contributed by atoms with Crippen LogP contribution in [0.2, 0.25) is 0 Å². The van der Waals surface area contributed by atoms with Gasteiger partial charge in [0.25, 0.3) is 10.0 Å². The van der Waals surface area contributed by atoms with Crippen LogP contribution in [0.15, 0.2) is 47.8 Å². The molecule has 1 aromatic carbocycles. The normalized spacial score (nSPS) is 23.1. The Labute approximate surface area is 197 Å². The molecule has 2 aromatic heterocycles. The highest BCUT2D eigenvalue weighted by Crippen LogP contribution is 2.39. The first-order chi connectivity index (χ1) is 16.4. The molecule has 6 rings (SSSR count). The zero-order chi connectivity index (χ0) is 23.3. The summed E-state index contributed by atoms with van der Waals surface area (Å²) in [6.07, 6.45) is 8.82. The second kappa shape index (κ2) is 8.12. The van der Waals surface area contributed by atoms with Crippen molar-refractivity contribution >= 4 is 21.7 Å². The summed E-state index contributed by atoms with van der Waals surface area (Å²) in [5.41, 5.74) is 4.47. The summed E-state index contributed by atoms with van der Waals surface area (Å²) in [6, 6.07) is 8.42. The van der Waals surface area contributed by atoms with Crippen LogP contribution in [0.1, 0.15) is 36.8 Å². The van der Waals surface area contributed by atoms with Crippen LogP contribution in [0.3, 0.4) is 0 Å². The maximum atomic E-state index is 12.9. The highest BCUT2D eigenvalue weighted by atomic mass is 32.2. The van der Waals surface area contributed by atoms with Crippen LogP contribution in [0.4, 0.5) is 10.5 Å². The SMILES string of the molecule is O=C1Nc2c(ccc3c2CCC3)-c2ccnc(c2)OC2CCC(C2)Cn2ccc(n2)S(=O)(=O)N1. The van der Waals surface area contributed by atoms with E-state index in [4.69, 9.17) is 4.74 Å². The lowest BCUT2D eigenvalue weighted by atomic mass is 9.98. The van der Waals surface area contributed by atoms with E-state index in [1.54, 1.807) is 17.1 Å². The lowest BCUT2D eigenvalue weighted by molar-refractivity contribution is 0.193. The molecule has 2 aliphatic carbocycles. The number of carbonyl (C=O) groups excluding carboxylic acids is 1. The second-order valence-corrected chi connectivity index (χ2v) is 10.8. The van der Waals surface area contributed by atoms with E-state index in [1.165, 1.54) is 6.07 Å². The first-order valence-electron chi connectivity index (χ1n) is 11.6. The number of amides is 2. The van der Waals surface area contributed by atoms with Gasteiger partial charge in [0.15, 0.2) is 5.03 Å². The standard InChI is InChI=1S/C24H25N5O4S/c30-24-26-23-19-3-1-2-16(19)5-7-20(23)17-8-10-25-21(13-17)33-18-6-4-15(12-18)14-29-11-9-22(27-29)34(31,32)28-24/h5,7-11,13,15,18H,1-4,6,12,14H2,(H2,26,28,30). The molecule has 2 N–H and O–H groups in total. The molecule has 0 radical (unpaired) electrons. The molecule has 10 heteroatoms. The average molecular weight is 480 g/mol. The van der Waals surface area contributed by atoms with E-state index < -0.39 is 16.1 Å². The van der Waals surface area contributed by atoms with E-state index in [0.29, 0.717) is 24.0 Å². The van der Waals surface area contributed by atoms with Gasteiger partial charge in [0, 0.05) is 30.6 Å². The molecule has 3 heterocycles. The van der Waals surface area contributed by atoms with Gasteiger partial charge in [-0.15, -0.1) is 0 Å². The summed E-state index contributed by atoms with van der Waals surface area (Å²) in [5.74, 6) is 0.867. The van der Waals surface area contributed by atoms with Crippen LogP contribution in [-0.4, -0.2) is 35.3 Å². The maximum absolute atomic E-state index is 12.9. The fraction of sp³-hybridized carbons (Fsp3) is 0.375. The topological polar surface area (TPSA) is 115 Å². The van der Waals surface area contributed by atoms with E-state index in [2.05, 4.69) is 26.2 Å². The highest BCUT2D eigenvalue weighted by molar-refractivity contribution is 7.90. The van der Waals surface area contributed by atoms with Gasteiger partial charge in [0.1, 0.15) is 6.10 Å². The highest BCUT2D eigenvalue weighted by Gasteiger charge is 2.29. The lowest BCUT2D eigenvalue weighted by Crippen LogP contribution is -2.35. The summed E-state index contributed by atoms with van der Waals surface area (Å²) in [4.78, 5) is 17.3. The molecule has 1 saturated carbocycles. The molecule has 2 atom stereocenters. The number of ether oxygens (including phenoxy) is 1. The van der Waals surface area contributed by atoms with Gasteiger partial charge in [0.2, 0.25) is 5.88 Å². The summed E-state index contributed by atoms with van der Waals surface area (Å²) < 4.78 is 35.7. The minimum Gasteiger partial charge on any atom is -0.474 e. The van der Waals surface area contributed by atoms with E-state index in [1.807, 2.05) is 18.2 Å². The molecule has 0 saturated heterocycles. The zero-order valence-corrected chi connectivity index (χ0v) is 19.3. The molecule has 1 fully saturated rings. The van der Waals surface area contributed by atoms with Crippen molar-refractivity contribution < 1.29 is 17.9 Å². The molecule has 1 aliphatic heterocycles. The molecule has 6 bridgehead atoms. The molecule has 2 amide bonds. The Balaban J connectivity index is 1.45. The number of urea groups is 1. The van der Waals surface area contributed by atoms with Crippen molar-refractivity contribution in [3.63, 3.8) is 0 Å². The molecule has 2 unspecified atom stereocenters. The van der Waals surface area contributed by atoms with Gasteiger partial charge in [-0.05, 0) is 73.3 Å². The Morgan fingerprint density at radius 3 is 2.94 bits per heavy atom. The number of benzene rings is 1. The van der Waals surface area contributed by atoms with Crippen LogP contribution in [0, 0.1) is 5.92 Å². The smallest absolute Gasteiger partial charge is 0.333 e. The molecule has 3 aliphatic rings. The van der Waals surface area contributed by atoms with Crippen molar-refractivity contribution in [2.75, 3.05) is 5.32 Å². The number of nitrogens with one attached hydrogen (secondary N) is 2. The van der Waals surface area contributed by atoms with Gasteiger partial charge < -0.3 is 10.1 Å². The van der Waals surface area contributed by atoms with E-state index in [0.717, 1.165) is 60.8 Å². The molecule has 3 aromatic rings. The van der Waals surface area contributed by atoms with Crippen molar-refractivity contribution in [2.45, 2.75) is 56.2 Å². The van der Waals surface area contributed by atoms with Crippen molar-refractivity contribution in [2.24, 2.45) is 5.92 Å². The Morgan fingerprint density at radius 1 is 1.12 bits per heavy atom. The van der Waals surface area contributed by atoms with Crippen LogP contribution in [0.25, 0.3) is 11.1 Å². The zero-order valence-electron chi connectivity index (χ0n) is 18.5. The number of pyridine rings is 1. The van der Waals surface area contributed by atoms with Crippen LogP contribution in [0.5, 0.6) is 5.88 Å². The molecular formula is C24H25N5O4S. The van der Waals surface area contributed by atoms with E-state index in [-0.39, 0.29) is 11.1 Å². The summed E-state index contributed by atoms with van der Waals surface area (Å²) >= 11 is 0. The molecule has 176 valence electrons. The minimum atomic E-state index is -4.11. The number of nitrogens with zero attached hydrogens (tertiary/aromatic N) is 3. The van der Waals surface area contributed by atoms with Gasteiger partial charge >= 0.3 is 6.03 Å². The summed E-state index contributed by atoms with van der Waals surface area (Å²) in [6.45, 7) is 0.590. The summed E-state index contributed by atoms with van der Waals surface area (Å²) in [7, 11) is -4.11. The third-order valence-electron chi connectivity index (χ3n) is 6.91. The van der Waals surface area contributed by atoms with Crippen molar-refractivity contribution in [3.8, 4) is 17.0 Å². The number of anilines is 1. The molecule has 9 nitrogen and oxygen atoms in total. The minimum absolute atomic E-state index is 0.0445. The number of sulfonamides is 1. The van der Waals surface area contributed by atoms with E-state index in [9.17, 15) is 13.2 Å².